The second-order valence-electron chi connectivity index (χ2n) is 6.03. The van der Waals surface area contributed by atoms with E-state index < -0.39 is 0 Å². The molecule has 0 spiro atoms. The van der Waals surface area contributed by atoms with Crippen LogP contribution in [0.2, 0.25) is 0 Å². The average molecular weight is 318 g/mol. The molecule has 0 radical (unpaired) electrons. The average Bonchev–Trinajstić information content (AvgIpc) is 2.57. The van der Waals surface area contributed by atoms with Crippen LogP contribution in [0, 0.1) is 20.8 Å². The van der Waals surface area contributed by atoms with Crippen molar-refractivity contribution in [3.63, 3.8) is 0 Å². The lowest BCUT2D eigenvalue weighted by atomic mass is 10.1. The summed E-state index contributed by atoms with van der Waals surface area (Å²) in [5, 5.41) is 3.34. The molecule has 0 saturated carbocycles. The van der Waals surface area contributed by atoms with Crippen molar-refractivity contribution in [2.24, 2.45) is 0 Å². The molecule has 4 nitrogen and oxygen atoms in total. The largest absolute Gasteiger partial charge is 0.329 e. The van der Waals surface area contributed by atoms with Gasteiger partial charge in [0.05, 0.1) is 0 Å². The van der Waals surface area contributed by atoms with Gasteiger partial charge in [0, 0.05) is 30.2 Å². The zero-order valence-electron chi connectivity index (χ0n) is 14.5. The highest BCUT2D eigenvalue weighted by molar-refractivity contribution is 5.63. The summed E-state index contributed by atoms with van der Waals surface area (Å²) in [6, 6.07) is 18.5. The molecule has 0 saturated heterocycles. The molecule has 24 heavy (non-hydrogen) atoms. The van der Waals surface area contributed by atoms with E-state index in [0.29, 0.717) is 5.95 Å². The van der Waals surface area contributed by atoms with E-state index in [2.05, 4.69) is 64.4 Å². The molecule has 4 heteroatoms. The summed E-state index contributed by atoms with van der Waals surface area (Å²) in [7, 11) is 2.01. The zero-order chi connectivity index (χ0) is 17.1. The first-order valence-electron chi connectivity index (χ1n) is 8.01. The van der Waals surface area contributed by atoms with Crippen molar-refractivity contribution >= 4 is 23.1 Å². The smallest absolute Gasteiger partial charge is 0.229 e. The fourth-order valence-electron chi connectivity index (χ4n) is 2.64. The summed E-state index contributed by atoms with van der Waals surface area (Å²) in [4.78, 5) is 11.2. The highest BCUT2D eigenvalue weighted by Gasteiger charge is 2.09. The van der Waals surface area contributed by atoms with Crippen LogP contribution in [-0.2, 0) is 0 Å². The molecule has 0 aliphatic heterocycles. The summed E-state index contributed by atoms with van der Waals surface area (Å²) in [6.45, 7) is 6.16. The summed E-state index contributed by atoms with van der Waals surface area (Å²) in [6.07, 6.45) is 0. The SMILES string of the molecule is Cc1ccc(Nc2nc(C)cc(N(C)c3ccccc3)n2)c(C)c1. The molecule has 1 heterocycles. The van der Waals surface area contributed by atoms with Crippen LogP contribution in [0.15, 0.2) is 54.6 Å². The lowest BCUT2D eigenvalue weighted by Gasteiger charge is -2.19. The number of benzene rings is 2. The predicted molar refractivity (Wildman–Crippen MR) is 100 cm³/mol. The molecule has 0 atom stereocenters. The Balaban J connectivity index is 1.91. The number of aryl methyl sites for hydroxylation is 3. The molecule has 1 aromatic heterocycles. The predicted octanol–water partition coefficient (Wildman–Crippen LogP) is 4.91. The maximum absolute atomic E-state index is 4.67. The van der Waals surface area contributed by atoms with Crippen molar-refractivity contribution < 1.29 is 0 Å². The Kier molecular flexibility index (Phi) is 4.47. The summed E-state index contributed by atoms with van der Waals surface area (Å²) >= 11 is 0. The van der Waals surface area contributed by atoms with Crippen LogP contribution in [0.25, 0.3) is 0 Å². The minimum absolute atomic E-state index is 0.611. The minimum atomic E-state index is 0.611. The van der Waals surface area contributed by atoms with Crippen molar-refractivity contribution in [1.82, 2.24) is 9.97 Å². The minimum Gasteiger partial charge on any atom is -0.329 e. The quantitative estimate of drug-likeness (QED) is 0.742. The molecular weight excluding hydrogens is 296 g/mol. The number of hydrogen-bond acceptors (Lipinski definition) is 4. The first-order chi connectivity index (χ1) is 11.5. The first-order valence-corrected chi connectivity index (χ1v) is 8.01. The second kappa shape index (κ2) is 6.71. The van der Waals surface area contributed by atoms with Gasteiger partial charge in [0.2, 0.25) is 5.95 Å². The standard InChI is InChI=1S/C20H22N4/c1-14-10-11-18(15(2)12-14)22-20-21-16(3)13-19(23-20)24(4)17-8-6-5-7-9-17/h5-13H,1-4H3,(H,21,22,23). The van der Waals surface area contributed by atoms with E-state index in [1.165, 1.54) is 11.1 Å². The Morgan fingerprint density at radius 2 is 1.62 bits per heavy atom. The van der Waals surface area contributed by atoms with Crippen LogP contribution >= 0.6 is 0 Å². The van der Waals surface area contributed by atoms with Crippen molar-refractivity contribution in [3.8, 4) is 0 Å². The molecule has 0 aliphatic carbocycles. The number of nitrogens with zero attached hydrogens (tertiary/aromatic N) is 3. The summed E-state index contributed by atoms with van der Waals surface area (Å²) < 4.78 is 0. The molecule has 0 aliphatic rings. The number of aromatic nitrogens is 2. The van der Waals surface area contributed by atoms with Gasteiger partial charge in [-0.2, -0.15) is 4.98 Å². The van der Waals surface area contributed by atoms with E-state index in [9.17, 15) is 0 Å². The number of rotatable bonds is 4. The molecule has 0 fully saturated rings. The van der Waals surface area contributed by atoms with Gasteiger partial charge < -0.3 is 10.2 Å². The van der Waals surface area contributed by atoms with Crippen molar-refractivity contribution in [2.45, 2.75) is 20.8 Å². The van der Waals surface area contributed by atoms with Crippen LogP contribution in [0.1, 0.15) is 16.8 Å². The lowest BCUT2D eigenvalue weighted by Crippen LogP contribution is -2.13. The third-order valence-electron chi connectivity index (χ3n) is 3.96. The van der Waals surface area contributed by atoms with E-state index in [1.807, 2.05) is 38.2 Å². The van der Waals surface area contributed by atoms with Gasteiger partial charge in [-0.15, -0.1) is 0 Å². The molecule has 0 unspecified atom stereocenters. The van der Waals surface area contributed by atoms with E-state index in [1.54, 1.807) is 0 Å². The topological polar surface area (TPSA) is 41.1 Å². The molecule has 122 valence electrons. The van der Waals surface area contributed by atoms with Crippen LogP contribution in [0.3, 0.4) is 0 Å². The van der Waals surface area contributed by atoms with Gasteiger partial charge in [0.25, 0.3) is 0 Å². The van der Waals surface area contributed by atoms with Gasteiger partial charge in [-0.25, -0.2) is 4.98 Å². The van der Waals surface area contributed by atoms with E-state index >= 15 is 0 Å². The Hall–Kier alpha value is -2.88. The Morgan fingerprint density at radius 3 is 2.33 bits per heavy atom. The molecule has 0 amide bonds. The van der Waals surface area contributed by atoms with Gasteiger partial charge in [0.1, 0.15) is 5.82 Å². The molecular formula is C20H22N4. The Morgan fingerprint density at radius 1 is 0.875 bits per heavy atom. The first kappa shape index (κ1) is 16.0. The molecule has 0 bridgehead atoms. The Bertz CT molecular complexity index is 844. The Labute approximate surface area is 143 Å². The third kappa shape index (κ3) is 3.54. The monoisotopic (exact) mass is 318 g/mol. The van der Waals surface area contributed by atoms with Gasteiger partial charge in [0.15, 0.2) is 0 Å². The van der Waals surface area contributed by atoms with E-state index in [4.69, 9.17) is 0 Å². The maximum atomic E-state index is 4.67. The van der Waals surface area contributed by atoms with Gasteiger partial charge in [-0.05, 0) is 44.5 Å². The third-order valence-corrected chi connectivity index (χ3v) is 3.96. The summed E-state index contributed by atoms with van der Waals surface area (Å²) in [5.74, 6) is 1.47. The van der Waals surface area contributed by atoms with Crippen LogP contribution in [0.5, 0.6) is 0 Å². The number of hydrogen-bond donors (Lipinski definition) is 1. The fraction of sp³-hybridized carbons (Fsp3) is 0.200. The maximum Gasteiger partial charge on any atom is 0.229 e. The number of anilines is 4. The van der Waals surface area contributed by atoms with Crippen molar-refractivity contribution in [3.05, 3.63) is 71.4 Å². The van der Waals surface area contributed by atoms with Crippen LogP contribution in [-0.4, -0.2) is 17.0 Å². The number of nitrogens with one attached hydrogen (secondary N) is 1. The van der Waals surface area contributed by atoms with Crippen molar-refractivity contribution in [2.75, 3.05) is 17.3 Å². The fourth-order valence-corrected chi connectivity index (χ4v) is 2.64. The van der Waals surface area contributed by atoms with E-state index in [-0.39, 0.29) is 0 Å². The van der Waals surface area contributed by atoms with Crippen LogP contribution in [0.4, 0.5) is 23.1 Å². The normalized spacial score (nSPS) is 10.5. The summed E-state index contributed by atoms with van der Waals surface area (Å²) in [5.41, 5.74) is 5.47. The second-order valence-corrected chi connectivity index (χ2v) is 6.03. The number of para-hydroxylation sites is 1. The van der Waals surface area contributed by atoms with E-state index in [0.717, 1.165) is 22.9 Å². The molecule has 3 rings (SSSR count). The highest BCUT2D eigenvalue weighted by atomic mass is 15.2. The highest BCUT2D eigenvalue weighted by Crippen LogP contribution is 2.25. The van der Waals surface area contributed by atoms with Gasteiger partial charge in [-0.3, -0.25) is 0 Å². The molecule has 3 aromatic rings. The lowest BCUT2D eigenvalue weighted by molar-refractivity contribution is 1.05. The zero-order valence-corrected chi connectivity index (χ0v) is 14.5. The van der Waals surface area contributed by atoms with Crippen LogP contribution < -0.4 is 10.2 Å². The van der Waals surface area contributed by atoms with Crippen molar-refractivity contribution in [1.29, 1.82) is 0 Å². The van der Waals surface area contributed by atoms with Gasteiger partial charge in [-0.1, -0.05) is 35.9 Å². The van der Waals surface area contributed by atoms with Gasteiger partial charge >= 0.3 is 0 Å². The molecule has 1 N–H and O–H groups in total. The molecule has 2 aromatic carbocycles.